The Morgan fingerprint density at radius 3 is 2.53 bits per heavy atom. The third kappa shape index (κ3) is 3.04. The summed E-state index contributed by atoms with van der Waals surface area (Å²) in [5.74, 6) is 0. The first kappa shape index (κ1) is 15.4. The van der Waals surface area contributed by atoms with E-state index in [0.717, 1.165) is 35.5 Å². The molecule has 1 heterocycles. The van der Waals surface area contributed by atoms with E-state index in [9.17, 15) is 4.57 Å². The Balaban J connectivity index is 3.06. The van der Waals surface area contributed by atoms with Crippen molar-refractivity contribution in [2.75, 3.05) is 6.61 Å². The summed E-state index contributed by atoms with van der Waals surface area (Å²) in [4.78, 5) is 0. The Kier molecular flexibility index (Phi) is 5.45. The van der Waals surface area contributed by atoms with Crippen LogP contribution in [0.15, 0.2) is 9.80 Å². The van der Waals surface area contributed by atoms with Crippen LogP contribution in [0.5, 0.6) is 0 Å². The molecule has 3 nitrogen and oxygen atoms in total. The average Bonchev–Trinajstić information content (AvgIpc) is 2.46. The van der Waals surface area contributed by atoms with E-state index in [4.69, 9.17) is 9.05 Å². The summed E-state index contributed by atoms with van der Waals surface area (Å²) in [5.41, 5.74) is -0.492. The zero-order chi connectivity index (χ0) is 13.1. The number of allylic oxidation sites excluding steroid dienone is 1. The van der Waals surface area contributed by atoms with E-state index < -0.39 is 13.2 Å². The molecule has 0 saturated carbocycles. The topological polar surface area (TPSA) is 35.5 Å². The lowest BCUT2D eigenvalue weighted by Crippen LogP contribution is -2.22. The van der Waals surface area contributed by atoms with Crippen LogP contribution in [0.1, 0.15) is 53.4 Å². The summed E-state index contributed by atoms with van der Waals surface area (Å²) < 4.78 is 24.8. The number of hydrogen-bond acceptors (Lipinski definition) is 3. The van der Waals surface area contributed by atoms with Crippen molar-refractivity contribution in [3.8, 4) is 0 Å². The molecule has 0 N–H and O–H groups in total. The van der Waals surface area contributed by atoms with Gasteiger partial charge in [-0.15, -0.1) is 0 Å². The standard InChI is InChI=1S/C12H22BrO3P/c1-5-8-9-10-11(13)12(4,6-2)16-17(10,14)15-7-3/h5-9H2,1-4H3/t12-,17+/m0/s1. The second-order valence-corrected chi connectivity index (χ2v) is 7.22. The van der Waals surface area contributed by atoms with Gasteiger partial charge in [-0.05, 0) is 33.1 Å². The predicted molar refractivity (Wildman–Crippen MR) is 74.5 cm³/mol. The van der Waals surface area contributed by atoms with Gasteiger partial charge in [0.15, 0.2) is 0 Å². The van der Waals surface area contributed by atoms with Gasteiger partial charge in [-0.3, -0.25) is 9.09 Å². The maximum atomic E-state index is 12.7. The molecule has 0 radical (unpaired) electrons. The first-order chi connectivity index (χ1) is 7.93. The molecule has 1 aliphatic heterocycles. The van der Waals surface area contributed by atoms with Crippen molar-refractivity contribution in [3.63, 3.8) is 0 Å². The van der Waals surface area contributed by atoms with Gasteiger partial charge in [-0.2, -0.15) is 0 Å². The van der Waals surface area contributed by atoms with Gasteiger partial charge in [0.25, 0.3) is 0 Å². The molecule has 100 valence electrons. The van der Waals surface area contributed by atoms with E-state index in [-0.39, 0.29) is 0 Å². The SMILES string of the molecule is CCCCC1=C(Br)[C@](C)(CC)O[P@]1(=O)OCC. The average molecular weight is 325 g/mol. The molecular weight excluding hydrogens is 303 g/mol. The van der Waals surface area contributed by atoms with Gasteiger partial charge < -0.3 is 4.52 Å². The van der Waals surface area contributed by atoms with Crippen molar-refractivity contribution >= 4 is 23.5 Å². The number of halogens is 1. The maximum absolute atomic E-state index is 12.7. The molecule has 0 saturated heterocycles. The van der Waals surface area contributed by atoms with Gasteiger partial charge in [0.2, 0.25) is 0 Å². The van der Waals surface area contributed by atoms with Gasteiger partial charge in [-0.25, -0.2) is 0 Å². The summed E-state index contributed by atoms with van der Waals surface area (Å²) >= 11 is 3.57. The van der Waals surface area contributed by atoms with E-state index in [0.29, 0.717) is 6.61 Å². The lowest BCUT2D eigenvalue weighted by Gasteiger charge is -2.23. The van der Waals surface area contributed by atoms with E-state index in [2.05, 4.69) is 22.9 Å². The molecule has 0 fully saturated rings. The summed E-state index contributed by atoms with van der Waals surface area (Å²) in [5, 5.41) is 0.838. The number of unbranched alkanes of at least 4 members (excludes halogenated alkanes) is 1. The molecule has 0 bridgehead atoms. The summed E-state index contributed by atoms with van der Waals surface area (Å²) in [6.45, 7) is 8.36. The van der Waals surface area contributed by atoms with Crippen molar-refractivity contribution in [2.45, 2.75) is 59.0 Å². The Hall–Kier alpha value is 0.370. The summed E-state index contributed by atoms with van der Waals surface area (Å²) in [6, 6.07) is 0. The Morgan fingerprint density at radius 1 is 1.41 bits per heavy atom. The first-order valence-electron chi connectivity index (χ1n) is 6.28. The van der Waals surface area contributed by atoms with Crippen molar-refractivity contribution in [2.24, 2.45) is 0 Å². The van der Waals surface area contributed by atoms with Crippen LogP contribution in [0.3, 0.4) is 0 Å². The van der Waals surface area contributed by atoms with Crippen LogP contribution < -0.4 is 0 Å². The fourth-order valence-corrected chi connectivity index (χ4v) is 5.53. The molecular formula is C12H22BrO3P. The molecule has 0 aromatic carbocycles. The first-order valence-corrected chi connectivity index (χ1v) is 8.62. The minimum Gasteiger partial charge on any atom is -0.306 e. The second-order valence-electron chi connectivity index (χ2n) is 4.46. The highest BCUT2D eigenvalue weighted by atomic mass is 79.9. The Bertz CT molecular complexity index is 354. The van der Waals surface area contributed by atoms with Crippen molar-refractivity contribution in [1.82, 2.24) is 0 Å². The van der Waals surface area contributed by atoms with Crippen LogP contribution in [0.2, 0.25) is 0 Å². The van der Waals surface area contributed by atoms with Crippen molar-refractivity contribution in [3.05, 3.63) is 9.80 Å². The van der Waals surface area contributed by atoms with E-state index in [1.54, 1.807) is 0 Å². The van der Waals surface area contributed by atoms with Gasteiger partial charge in [0.05, 0.1) is 11.9 Å². The fourth-order valence-electron chi connectivity index (χ4n) is 1.87. The minimum atomic E-state index is -3.07. The van der Waals surface area contributed by atoms with Crippen LogP contribution in [0, 0.1) is 0 Å². The normalized spacial score (nSPS) is 33.5. The lowest BCUT2D eigenvalue weighted by molar-refractivity contribution is 0.114. The molecule has 0 aromatic heterocycles. The third-order valence-corrected chi connectivity index (χ3v) is 7.08. The number of rotatable bonds is 6. The molecule has 0 aliphatic carbocycles. The van der Waals surface area contributed by atoms with Crippen LogP contribution in [0.25, 0.3) is 0 Å². The number of hydrogen-bond donors (Lipinski definition) is 0. The Morgan fingerprint density at radius 2 is 2.06 bits per heavy atom. The largest absolute Gasteiger partial charge is 0.359 e. The smallest absolute Gasteiger partial charge is 0.306 e. The van der Waals surface area contributed by atoms with Gasteiger partial charge >= 0.3 is 7.60 Å². The molecule has 0 aromatic rings. The van der Waals surface area contributed by atoms with E-state index in [1.807, 2.05) is 20.8 Å². The van der Waals surface area contributed by atoms with Gasteiger partial charge in [0, 0.05) is 4.48 Å². The predicted octanol–water partition coefficient (Wildman–Crippen LogP) is 5.21. The fraction of sp³-hybridized carbons (Fsp3) is 0.833. The van der Waals surface area contributed by atoms with Gasteiger partial charge in [0.1, 0.15) is 5.60 Å². The zero-order valence-corrected chi connectivity index (χ0v) is 13.6. The van der Waals surface area contributed by atoms with E-state index >= 15 is 0 Å². The van der Waals surface area contributed by atoms with Crippen LogP contribution in [-0.2, 0) is 13.6 Å². The monoisotopic (exact) mass is 324 g/mol. The summed E-state index contributed by atoms with van der Waals surface area (Å²) in [7, 11) is -3.07. The highest BCUT2D eigenvalue weighted by molar-refractivity contribution is 9.11. The second kappa shape index (κ2) is 6.01. The minimum absolute atomic E-state index is 0.410. The quantitative estimate of drug-likeness (QED) is 0.629. The molecule has 0 unspecified atom stereocenters. The van der Waals surface area contributed by atoms with Crippen LogP contribution >= 0.6 is 23.5 Å². The zero-order valence-electron chi connectivity index (χ0n) is 11.1. The van der Waals surface area contributed by atoms with Crippen molar-refractivity contribution < 1.29 is 13.6 Å². The van der Waals surface area contributed by atoms with E-state index in [1.165, 1.54) is 0 Å². The highest BCUT2D eigenvalue weighted by Gasteiger charge is 2.49. The molecule has 5 heteroatoms. The maximum Gasteiger partial charge on any atom is 0.359 e. The third-order valence-electron chi connectivity index (χ3n) is 3.11. The molecule has 1 rings (SSSR count). The molecule has 0 spiro atoms. The summed E-state index contributed by atoms with van der Waals surface area (Å²) in [6.07, 6.45) is 3.63. The highest BCUT2D eigenvalue weighted by Crippen LogP contribution is 2.69. The molecule has 0 amide bonds. The lowest BCUT2D eigenvalue weighted by atomic mass is 10.0. The Labute approximate surface area is 113 Å². The molecule has 1 aliphatic rings. The molecule has 2 atom stereocenters. The van der Waals surface area contributed by atoms with Crippen LogP contribution in [-0.4, -0.2) is 12.2 Å². The molecule has 17 heavy (non-hydrogen) atoms. The van der Waals surface area contributed by atoms with Gasteiger partial charge in [-0.1, -0.05) is 36.2 Å². The van der Waals surface area contributed by atoms with Crippen molar-refractivity contribution in [1.29, 1.82) is 0 Å². The van der Waals surface area contributed by atoms with Crippen LogP contribution in [0.4, 0.5) is 0 Å².